The van der Waals surface area contributed by atoms with Gasteiger partial charge >= 0.3 is 5.69 Å². The minimum atomic E-state index is -0.371. The molecule has 2 aromatic rings. The summed E-state index contributed by atoms with van der Waals surface area (Å²) in [5.74, 6) is 0. The summed E-state index contributed by atoms with van der Waals surface area (Å²) in [5, 5.41) is 3.72. The van der Waals surface area contributed by atoms with Crippen molar-refractivity contribution >= 4 is 16.7 Å². The molecule has 0 saturated carbocycles. The van der Waals surface area contributed by atoms with Gasteiger partial charge in [0.25, 0.3) is 5.56 Å². The van der Waals surface area contributed by atoms with E-state index in [9.17, 15) is 9.59 Å². The zero-order valence-corrected chi connectivity index (χ0v) is 11.8. The number of rotatable bonds is 2. The quantitative estimate of drug-likeness (QED) is 0.867. The van der Waals surface area contributed by atoms with Gasteiger partial charge in [-0.2, -0.15) is 0 Å². The summed E-state index contributed by atoms with van der Waals surface area (Å²) >= 11 is 0. The van der Waals surface area contributed by atoms with E-state index in [1.54, 1.807) is 13.2 Å². The van der Waals surface area contributed by atoms with Crippen molar-refractivity contribution in [3.8, 4) is 0 Å². The van der Waals surface area contributed by atoms with Crippen LogP contribution in [0.2, 0.25) is 0 Å². The molecule has 0 unspecified atom stereocenters. The van der Waals surface area contributed by atoms with E-state index >= 15 is 0 Å². The molecule has 0 aromatic carbocycles. The highest BCUT2D eigenvalue weighted by Crippen LogP contribution is 2.22. The van der Waals surface area contributed by atoms with E-state index in [0.29, 0.717) is 11.0 Å². The number of pyridine rings is 1. The van der Waals surface area contributed by atoms with Gasteiger partial charge in [-0.3, -0.25) is 13.9 Å². The van der Waals surface area contributed by atoms with E-state index < -0.39 is 0 Å². The first kappa shape index (κ1) is 13.3. The van der Waals surface area contributed by atoms with Crippen LogP contribution in [0.25, 0.3) is 11.0 Å². The monoisotopic (exact) mass is 262 g/mol. The van der Waals surface area contributed by atoms with Gasteiger partial charge in [0.2, 0.25) is 0 Å². The van der Waals surface area contributed by atoms with Gasteiger partial charge in [0.15, 0.2) is 5.65 Å². The maximum Gasteiger partial charge on any atom is 0.332 e. The smallest absolute Gasteiger partial charge is 0.332 e. The molecule has 0 aliphatic carbocycles. The van der Waals surface area contributed by atoms with Crippen LogP contribution in [0.15, 0.2) is 15.8 Å². The third kappa shape index (κ3) is 2.03. The largest absolute Gasteiger partial charge is 0.382 e. The van der Waals surface area contributed by atoms with Gasteiger partial charge in [0.1, 0.15) is 5.39 Å². The van der Waals surface area contributed by atoms with Crippen molar-refractivity contribution in [1.82, 2.24) is 14.1 Å². The fourth-order valence-electron chi connectivity index (χ4n) is 2.10. The van der Waals surface area contributed by atoms with Crippen LogP contribution in [-0.2, 0) is 14.1 Å². The molecule has 0 amide bonds. The highest BCUT2D eigenvalue weighted by atomic mass is 16.2. The second kappa shape index (κ2) is 4.53. The van der Waals surface area contributed by atoms with Crippen LogP contribution in [0.3, 0.4) is 0 Å². The van der Waals surface area contributed by atoms with Crippen molar-refractivity contribution in [2.45, 2.75) is 26.8 Å². The Morgan fingerprint density at radius 3 is 2.42 bits per heavy atom. The van der Waals surface area contributed by atoms with Crippen LogP contribution in [-0.4, -0.2) is 20.2 Å². The van der Waals surface area contributed by atoms with E-state index in [-0.39, 0.29) is 17.3 Å². The van der Waals surface area contributed by atoms with E-state index in [0.717, 1.165) is 15.8 Å². The maximum absolute atomic E-state index is 12.3. The lowest BCUT2D eigenvalue weighted by Gasteiger charge is -2.16. The molecular formula is C13H18N4O2. The molecule has 0 fully saturated rings. The van der Waals surface area contributed by atoms with E-state index in [4.69, 9.17) is 0 Å². The van der Waals surface area contributed by atoms with E-state index in [1.807, 2.05) is 20.8 Å². The Kier molecular flexibility index (Phi) is 3.18. The number of hydrogen-bond donors (Lipinski definition) is 1. The molecule has 0 aliphatic rings. The first-order valence-electron chi connectivity index (χ1n) is 6.16. The summed E-state index contributed by atoms with van der Waals surface area (Å²) in [7, 11) is 3.09. The maximum atomic E-state index is 12.3. The highest BCUT2D eigenvalue weighted by molar-refractivity contribution is 5.90. The van der Waals surface area contributed by atoms with Gasteiger partial charge in [-0.25, -0.2) is 9.78 Å². The van der Waals surface area contributed by atoms with Crippen molar-refractivity contribution < 1.29 is 0 Å². The molecule has 2 heterocycles. The Morgan fingerprint density at radius 2 is 1.84 bits per heavy atom. The third-order valence-electron chi connectivity index (χ3n) is 3.09. The minimum Gasteiger partial charge on any atom is -0.382 e. The standard InChI is InChI=1S/C13H18N4O2/c1-7(2)15-10-8(3)6-14-11-9(10)12(18)17(5)13(19)16(11)4/h6-7H,1-5H3,(H,14,15). The topological polar surface area (TPSA) is 68.9 Å². The van der Waals surface area contributed by atoms with Crippen LogP contribution in [0.5, 0.6) is 0 Å². The Bertz CT molecular complexity index is 756. The number of nitrogens with one attached hydrogen (secondary N) is 1. The summed E-state index contributed by atoms with van der Waals surface area (Å²) in [6.07, 6.45) is 1.67. The zero-order valence-electron chi connectivity index (χ0n) is 11.8. The molecule has 0 radical (unpaired) electrons. The number of aromatic nitrogens is 3. The van der Waals surface area contributed by atoms with Crippen molar-refractivity contribution in [1.29, 1.82) is 0 Å². The molecule has 19 heavy (non-hydrogen) atoms. The van der Waals surface area contributed by atoms with Crippen LogP contribution in [0.4, 0.5) is 5.69 Å². The van der Waals surface area contributed by atoms with Gasteiger partial charge in [0.05, 0.1) is 5.69 Å². The zero-order chi connectivity index (χ0) is 14.3. The molecule has 6 heteroatoms. The molecule has 0 saturated heterocycles. The van der Waals surface area contributed by atoms with Gasteiger partial charge < -0.3 is 5.32 Å². The van der Waals surface area contributed by atoms with Gasteiger partial charge in [-0.15, -0.1) is 0 Å². The van der Waals surface area contributed by atoms with Gasteiger partial charge in [-0.05, 0) is 26.3 Å². The molecule has 0 atom stereocenters. The lowest BCUT2D eigenvalue weighted by Crippen LogP contribution is -2.37. The molecule has 1 N–H and O–H groups in total. The first-order chi connectivity index (χ1) is 8.84. The number of fused-ring (bicyclic) bond motifs is 1. The van der Waals surface area contributed by atoms with E-state index in [2.05, 4.69) is 10.3 Å². The minimum absolute atomic E-state index is 0.186. The number of anilines is 1. The van der Waals surface area contributed by atoms with Crippen molar-refractivity contribution in [2.75, 3.05) is 5.32 Å². The Hall–Kier alpha value is -2.11. The summed E-state index contributed by atoms with van der Waals surface area (Å²) in [6.45, 7) is 5.89. The molecule has 0 spiro atoms. The fraction of sp³-hybridized carbons (Fsp3) is 0.462. The summed E-state index contributed by atoms with van der Waals surface area (Å²) in [4.78, 5) is 28.4. The van der Waals surface area contributed by atoms with Gasteiger partial charge in [0, 0.05) is 26.3 Å². The second-order valence-corrected chi connectivity index (χ2v) is 5.02. The van der Waals surface area contributed by atoms with Crippen molar-refractivity contribution in [3.05, 3.63) is 32.6 Å². The Balaban J connectivity index is 3.01. The molecular weight excluding hydrogens is 244 g/mol. The fourth-order valence-corrected chi connectivity index (χ4v) is 2.10. The molecule has 0 bridgehead atoms. The third-order valence-corrected chi connectivity index (χ3v) is 3.09. The average Bonchev–Trinajstić information content (AvgIpc) is 2.35. The van der Waals surface area contributed by atoms with Crippen LogP contribution < -0.4 is 16.6 Å². The molecule has 2 rings (SSSR count). The molecule has 2 aromatic heterocycles. The summed E-state index contributed by atoms with van der Waals surface area (Å²) in [6, 6.07) is 0.186. The Labute approximate surface area is 110 Å². The van der Waals surface area contributed by atoms with Crippen molar-refractivity contribution in [2.24, 2.45) is 14.1 Å². The molecule has 0 aliphatic heterocycles. The van der Waals surface area contributed by atoms with Gasteiger partial charge in [-0.1, -0.05) is 0 Å². The second-order valence-electron chi connectivity index (χ2n) is 5.02. The lowest BCUT2D eigenvalue weighted by atomic mass is 10.1. The predicted octanol–water partition coefficient (Wildman–Crippen LogP) is 0.761. The predicted molar refractivity (Wildman–Crippen MR) is 75.7 cm³/mol. The number of hydrogen-bond acceptors (Lipinski definition) is 4. The van der Waals surface area contributed by atoms with Crippen LogP contribution in [0.1, 0.15) is 19.4 Å². The summed E-state index contributed by atoms with van der Waals surface area (Å²) in [5.41, 5.74) is 1.34. The first-order valence-corrected chi connectivity index (χ1v) is 6.16. The number of nitrogens with zero attached hydrogens (tertiary/aromatic N) is 3. The SMILES string of the molecule is Cc1cnc2c(c1NC(C)C)c(=O)n(C)c(=O)n2C. The molecule has 102 valence electrons. The van der Waals surface area contributed by atoms with Crippen molar-refractivity contribution in [3.63, 3.8) is 0 Å². The molecule has 6 nitrogen and oxygen atoms in total. The highest BCUT2D eigenvalue weighted by Gasteiger charge is 2.15. The normalized spacial score (nSPS) is 11.3. The van der Waals surface area contributed by atoms with Crippen LogP contribution >= 0.6 is 0 Å². The van der Waals surface area contributed by atoms with E-state index in [1.165, 1.54) is 11.6 Å². The average molecular weight is 262 g/mol. The summed E-state index contributed by atoms with van der Waals surface area (Å²) < 4.78 is 2.50. The Morgan fingerprint density at radius 1 is 1.21 bits per heavy atom. The lowest BCUT2D eigenvalue weighted by molar-refractivity contribution is 0.707. The van der Waals surface area contributed by atoms with Crippen LogP contribution in [0, 0.1) is 6.92 Å². The number of aryl methyl sites for hydroxylation is 2.